The van der Waals surface area contributed by atoms with Crippen molar-refractivity contribution in [2.45, 2.75) is 20.0 Å². The van der Waals surface area contributed by atoms with Gasteiger partial charge in [-0.25, -0.2) is 4.98 Å². The number of hydrogen-bond acceptors (Lipinski definition) is 4. The maximum atomic E-state index is 11.4. The number of ketones is 1. The van der Waals surface area contributed by atoms with Crippen molar-refractivity contribution in [1.82, 2.24) is 4.98 Å². The van der Waals surface area contributed by atoms with Crippen LogP contribution < -0.4 is 9.64 Å². The summed E-state index contributed by atoms with van der Waals surface area (Å²) < 4.78 is 5.47. The van der Waals surface area contributed by atoms with E-state index >= 15 is 0 Å². The minimum absolute atomic E-state index is 0.0965. The second kappa shape index (κ2) is 3.92. The van der Waals surface area contributed by atoms with E-state index in [9.17, 15) is 9.59 Å². The summed E-state index contributed by atoms with van der Waals surface area (Å²) in [6, 6.07) is 3.41. The molecule has 1 amide bonds. The third kappa shape index (κ3) is 1.76. The summed E-state index contributed by atoms with van der Waals surface area (Å²) in [4.78, 5) is 28.3. The van der Waals surface area contributed by atoms with Crippen molar-refractivity contribution in [2.24, 2.45) is 0 Å². The largest absolute Gasteiger partial charge is 0.477 e. The van der Waals surface area contributed by atoms with Gasteiger partial charge in [-0.15, -0.1) is 0 Å². The highest BCUT2D eigenvalue weighted by Gasteiger charge is 2.31. The lowest BCUT2D eigenvalue weighted by Gasteiger charge is -2.31. The number of rotatable bonds is 1. The number of carbonyl (C=O) groups is 2. The molecule has 0 aliphatic carbocycles. The minimum Gasteiger partial charge on any atom is -0.477 e. The maximum Gasteiger partial charge on any atom is 0.225 e. The molecule has 0 fully saturated rings. The van der Waals surface area contributed by atoms with Gasteiger partial charge < -0.3 is 4.74 Å². The zero-order valence-electron chi connectivity index (χ0n) is 9.14. The van der Waals surface area contributed by atoms with Gasteiger partial charge in [0.2, 0.25) is 5.91 Å². The van der Waals surface area contributed by atoms with E-state index in [0.717, 1.165) is 0 Å². The Balaban J connectivity index is 2.41. The van der Waals surface area contributed by atoms with E-state index in [1.165, 1.54) is 18.7 Å². The summed E-state index contributed by atoms with van der Waals surface area (Å²) in [5, 5.41) is 0. The predicted octanol–water partition coefficient (Wildman–Crippen LogP) is 0.784. The standard InChI is InChI=1S/C11H12N2O3/c1-7(14)10-6-13(8(2)15)11-9(16-10)4-3-5-12-11/h3-5,10H,6H2,1-2H3. The van der Waals surface area contributed by atoms with Gasteiger partial charge in [0, 0.05) is 13.1 Å². The lowest BCUT2D eigenvalue weighted by molar-refractivity contribution is -0.124. The second-order valence-electron chi connectivity index (χ2n) is 3.67. The fourth-order valence-electron chi connectivity index (χ4n) is 1.61. The summed E-state index contributed by atoms with van der Waals surface area (Å²) in [5.41, 5.74) is 0. The number of Topliss-reactive ketones (excluding diaryl/α,β-unsaturated/α-hetero) is 1. The number of carbonyl (C=O) groups excluding carboxylic acids is 2. The van der Waals surface area contributed by atoms with Crippen LogP contribution in [0.2, 0.25) is 0 Å². The fraction of sp³-hybridized carbons (Fsp3) is 0.364. The smallest absolute Gasteiger partial charge is 0.225 e. The highest BCUT2D eigenvalue weighted by Crippen LogP contribution is 2.30. The summed E-state index contributed by atoms with van der Waals surface area (Å²) in [6.07, 6.45) is 0.993. The predicted molar refractivity (Wildman–Crippen MR) is 57.4 cm³/mol. The first-order valence-corrected chi connectivity index (χ1v) is 5.00. The first-order chi connectivity index (χ1) is 7.59. The van der Waals surface area contributed by atoms with Crippen LogP contribution in [0.15, 0.2) is 18.3 Å². The number of amides is 1. The average molecular weight is 220 g/mol. The Kier molecular flexibility index (Phi) is 2.60. The van der Waals surface area contributed by atoms with Crippen LogP contribution >= 0.6 is 0 Å². The van der Waals surface area contributed by atoms with Gasteiger partial charge in [-0.2, -0.15) is 0 Å². The molecule has 1 aromatic rings. The zero-order chi connectivity index (χ0) is 11.7. The first-order valence-electron chi connectivity index (χ1n) is 5.00. The van der Waals surface area contributed by atoms with Crippen LogP contribution in [0.3, 0.4) is 0 Å². The van der Waals surface area contributed by atoms with E-state index in [1.54, 1.807) is 18.3 Å². The molecule has 0 saturated heterocycles. The molecule has 0 spiro atoms. The van der Waals surface area contributed by atoms with Crippen LogP contribution in [-0.4, -0.2) is 29.3 Å². The molecule has 16 heavy (non-hydrogen) atoms. The summed E-state index contributed by atoms with van der Waals surface area (Å²) in [5.74, 6) is 0.715. The highest BCUT2D eigenvalue weighted by molar-refractivity contribution is 5.94. The number of fused-ring (bicyclic) bond motifs is 1. The molecule has 84 valence electrons. The number of ether oxygens (including phenoxy) is 1. The lowest BCUT2D eigenvalue weighted by Crippen LogP contribution is -2.46. The van der Waals surface area contributed by atoms with Crippen LogP contribution in [0.5, 0.6) is 5.75 Å². The molecule has 1 aliphatic heterocycles. The SMILES string of the molecule is CC(=O)C1CN(C(C)=O)c2ncccc2O1. The third-order valence-electron chi connectivity index (χ3n) is 2.46. The molecular formula is C11H12N2O3. The van der Waals surface area contributed by atoms with Crippen LogP contribution in [0, 0.1) is 0 Å². The van der Waals surface area contributed by atoms with Gasteiger partial charge in [-0.05, 0) is 19.1 Å². The Labute approximate surface area is 93.0 Å². The van der Waals surface area contributed by atoms with E-state index in [4.69, 9.17) is 4.74 Å². The molecule has 2 heterocycles. The molecule has 0 N–H and O–H groups in total. The van der Waals surface area contributed by atoms with Crippen LogP contribution in [0.4, 0.5) is 5.82 Å². The topological polar surface area (TPSA) is 59.5 Å². The van der Waals surface area contributed by atoms with Crippen molar-refractivity contribution < 1.29 is 14.3 Å². The van der Waals surface area contributed by atoms with Gasteiger partial charge in [0.05, 0.1) is 6.54 Å². The van der Waals surface area contributed by atoms with Gasteiger partial charge in [-0.1, -0.05) is 0 Å². The molecular weight excluding hydrogens is 208 g/mol. The van der Waals surface area contributed by atoms with Gasteiger partial charge in [0.25, 0.3) is 0 Å². The highest BCUT2D eigenvalue weighted by atomic mass is 16.5. The molecule has 0 radical (unpaired) electrons. The van der Waals surface area contributed by atoms with Gasteiger partial charge >= 0.3 is 0 Å². The number of nitrogens with zero attached hydrogens (tertiary/aromatic N) is 2. The van der Waals surface area contributed by atoms with E-state index in [1.807, 2.05) is 0 Å². The van der Waals surface area contributed by atoms with E-state index < -0.39 is 6.10 Å². The zero-order valence-corrected chi connectivity index (χ0v) is 9.14. The Hall–Kier alpha value is -1.91. The summed E-state index contributed by atoms with van der Waals surface area (Å²) in [7, 11) is 0. The molecule has 0 bridgehead atoms. The van der Waals surface area contributed by atoms with Gasteiger partial charge in [-0.3, -0.25) is 14.5 Å². The number of pyridine rings is 1. The van der Waals surface area contributed by atoms with Crippen molar-refractivity contribution in [1.29, 1.82) is 0 Å². The molecule has 1 atom stereocenters. The molecule has 1 aliphatic rings. The van der Waals surface area contributed by atoms with E-state index in [-0.39, 0.29) is 18.2 Å². The average Bonchev–Trinajstić information content (AvgIpc) is 2.27. The first kappa shape index (κ1) is 10.6. The number of hydrogen-bond donors (Lipinski definition) is 0. The molecule has 5 heteroatoms. The maximum absolute atomic E-state index is 11.4. The van der Waals surface area contributed by atoms with Crippen molar-refractivity contribution >= 4 is 17.5 Å². The monoisotopic (exact) mass is 220 g/mol. The molecule has 1 unspecified atom stereocenters. The fourth-order valence-corrected chi connectivity index (χ4v) is 1.61. The van der Waals surface area contributed by atoms with Crippen molar-refractivity contribution in [3.63, 3.8) is 0 Å². The number of anilines is 1. The van der Waals surface area contributed by atoms with E-state index in [2.05, 4.69) is 4.98 Å². The van der Waals surface area contributed by atoms with E-state index in [0.29, 0.717) is 11.6 Å². The van der Waals surface area contributed by atoms with Crippen molar-refractivity contribution in [2.75, 3.05) is 11.4 Å². The van der Waals surface area contributed by atoms with Gasteiger partial charge in [0.1, 0.15) is 0 Å². The third-order valence-corrected chi connectivity index (χ3v) is 2.46. The minimum atomic E-state index is -0.597. The Morgan fingerprint density at radius 3 is 2.88 bits per heavy atom. The van der Waals surface area contributed by atoms with Crippen molar-refractivity contribution in [3.05, 3.63) is 18.3 Å². The molecule has 5 nitrogen and oxygen atoms in total. The molecule has 1 aromatic heterocycles. The summed E-state index contributed by atoms with van der Waals surface area (Å²) >= 11 is 0. The van der Waals surface area contributed by atoms with Crippen LogP contribution in [-0.2, 0) is 9.59 Å². The second-order valence-corrected chi connectivity index (χ2v) is 3.67. The number of aromatic nitrogens is 1. The van der Waals surface area contributed by atoms with Crippen LogP contribution in [0.1, 0.15) is 13.8 Å². The normalized spacial score (nSPS) is 18.6. The van der Waals surface area contributed by atoms with Gasteiger partial charge in [0.15, 0.2) is 23.5 Å². The summed E-state index contributed by atoms with van der Waals surface area (Å²) in [6.45, 7) is 3.13. The Morgan fingerprint density at radius 2 is 2.25 bits per heavy atom. The molecule has 0 saturated carbocycles. The Bertz CT molecular complexity index is 445. The molecule has 0 aromatic carbocycles. The van der Waals surface area contributed by atoms with Crippen LogP contribution in [0.25, 0.3) is 0 Å². The lowest BCUT2D eigenvalue weighted by atomic mass is 10.2. The van der Waals surface area contributed by atoms with Crippen molar-refractivity contribution in [3.8, 4) is 5.75 Å². The molecule has 2 rings (SSSR count). The Morgan fingerprint density at radius 1 is 1.50 bits per heavy atom. The quantitative estimate of drug-likeness (QED) is 0.701.